The molecular formula is C10H9Cl2FN2O2. The highest BCUT2D eigenvalue weighted by Crippen LogP contribution is 2.21. The summed E-state index contributed by atoms with van der Waals surface area (Å²) in [7, 11) is 0. The molecule has 1 atom stereocenters. The van der Waals surface area contributed by atoms with Crippen LogP contribution < -0.4 is 10.6 Å². The lowest BCUT2D eigenvalue weighted by Gasteiger charge is -2.08. The second-order valence-corrected chi connectivity index (χ2v) is 4.22. The predicted octanol–water partition coefficient (Wildman–Crippen LogP) is 2.75. The van der Waals surface area contributed by atoms with Crippen molar-refractivity contribution < 1.29 is 14.0 Å². The van der Waals surface area contributed by atoms with E-state index in [2.05, 4.69) is 5.32 Å². The average Bonchev–Trinajstić information content (AvgIpc) is 2.24. The van der Waals surface area contributed by atoms with E-state index in [9.17, 15) is 14.0 Å². The quantitative estimate of drug-likeness (QED) is 0.818. The molecule has 0 aromatic heterocycles. The van der Waals surface area contributed by atoms with Gasteiger partial charge in [0, 0.05) is 0 Å². The Labute approximate surface area is 107 Å². The van der Waals surface area contributed by atoms with Crippen molar-refractivity contribution in [3.05, 3.63) is 29.0 Å². The van der Waals surface area contributed by atoms with Gasteiger partial charge in [-0.1, -0.05) is 17.7 Å². The number of rotatable bonds is 2. The van der Waals surface area contributed by atoms with E-state index in [1.54, 1.807) is 0 Å². The fourth-order valence-corrected chi connectivity index (χ4v) is 1.19. The van der Waals surface area contributed by atoms with Crippen LogP contribution in [0.5, 0.6) is 0 Å². The van der Waals surface area contributed by atoms with Crippen LogP contribution in [-0.4, -0.2) is 17.3 Å². The van der Waals surface area contributed by atoms with Crippen LogP contribution in [0.2, 0.25) is 5.02 Å². The van der Waals surface area contributed by atoms with Gasteiger partial charge in [-0.3, -0.25) is 10.1 Å². The molecule has 1 aromatic carbocycles. The Hall–Kier alpha value is -1.33. The van der Waals surface area contributed by atoms with Crippen molar-refractivity contribution in [2.75, 3.05) is 5.32 Å². The first kappa shape index (κ1) is 13.7. The Bertz CT molecular complexity index is 452. The number of benzene rings is 1. The highest BCUT2D eigenvalue weighted by molar-refractivity contribution is 6.32. The SMILES string of the molecule is CC(Cl)C(=O)NC(=O)Nc1cccc(Cl)c1F. The Kier molecular flexibility index (Phi) is 4.72. The summed E-state index contributed by atoms with van der Waals surface area (Å²) in [6, 6.07) is 3.25. The molecule has 92 valence electrons. The van der Waals surface area contributed by atoms with E-state index in [1.165, 1.54) is 25.1 Å². The zero-order chi connectivity index (χ0) is 13.0. The molecule has 1 aromatic rings. The van der Waals surface area contributed by atoms with E-state index < -0.39 is 23.1 Å². The number of anilines is 1. The number of nitrogens with one attached hydrogen (secondary N) is 2. The lowest BCUT2D eigenvalue weighted by molar-refractivity contribution is -0.119. The fraction of sp³-hybridized carbons (Fsp3) is 0.200. The van der Waals surface area contributed by atoms with Gasteiger partial charge >= 0.3 is 6.03 Å². The van der Waals surface area contributed by atoms with Crippen LogP contribution in [0, 0.1) is 5.82 Å². The van der Waals surface area contributed by atoms with Crippen LogP contribution in [-0.2, 0) is 4.79 Å². The number of carbonyl (C=O) groups is 2. The zero-order valence-corrected chi connectivity index (χ0v) is 10.3. The highest BCUT2D eigenvalue weighted by Gasteiger charge is 2.14. The summed E-state index contributed by atoms with van der Waals surface area (Å²) >= 11 is 11.0. The summed E-state index contributed by atoms with van der Waals surface area (Å²) in [6.45, 7) is 1.41. The van der Waals surface area contributed by atoms with Gasteiger partial charge in [-0.25, -0.2) is 9.18 Å². The van der Waals surface area contributed by atoms with Crippen molar-refractivity contribution in [2.24, 2.45) is 0 Å². The van der Waals surface area contributed by atoms with Crippen LogP contribution in [0.4, 0.5) is 14.9 Å². The van der Waals surface area contributed by atoms with Gasteiger partial charge in [0.05, 0.1) is 10.7 Å². The Morgan fingerprint density at radius 3 is 2.65 bits per heavy atom. The minimum absolute atomic E-state index is 0.120. The molecule has 2 N–H and O–H groups in total. The molecule has 1 unspecified atom stereocenters. The summed E-state index contributed by atoms with van der Waals surface area (Å²) in [5, 5.41) is 3.11. The van der Waals surface area contributed by atoms with Crippen molar-refractivity contribution in [2.45, 2.75) is 12.3 Å². The molecule has 0 saturated heterocycles. The molecule has 0 aliphatic heterocycles. The first-order chi connectivity index (χ1) is 7.91. The lowest BCUT2D eigenvalue weighted by Crippen LogP contribution is -2.38. The number of hydrogen-bond acceptors (Lipinski definition) is 2. The highest BCUT2D eigenvalue weighted by atomic mass is 35.5. The number of imide groups is 1. The maximum Gasteiger partial charge on any atom is 0.326 e. The Morgan fingerprint density at radius 2 is 2.06 bits per heavy atom. The number of halogens is 3. The van der Waals surface area contributed by atoms with E-state index in [4.69, 9.17) is 23.2 Å². The minimum atomic E-state index is -0.872. The minimum Gasteiger partial charge on any atom is -0.305 e. The van der Waals surface area contributed by atoms with Crippen molar-refractivity contribution in [1.29, 1.82) is 0 Å². The maximum atomic E-state index is 13.4. The number of hydrogen-bond donors (Lipinski definition) is 2. The second kappa shape index (κ2) is 5.84. The molecule has 0 fully saturated rings. The molecule has 0 saturated carbocycles. The monoisotopic (exact) mass is 278 g/mol. The molecule has 7 heteroatoms. The molecule has 0 heterocycles. The Balaban J connectivity index is 2.69. The summed E-state index contributed by atoms with van der Waals surface area (Å²) in [4.78, 5) is 22.4. The number of amides is 3. The van der Waals surface area contributed by atoms with Gasteiger partial charge in [-0.05, 0) is 19.1 Å². The number of urea groups is 1. The molecule has 0 aliphatic carbocycles. The third-order valence-electron chi connectivity index (χ3n) is 1.80. The molecule has 4 nitrogen and oxygen atoms in total. The van der Waals surface area contributed by atoms with E-state index in [-0.39, 0.29) is 10.7 Å². The van der Waals surface area contributed by atoms with E-state index in [0.717, 1.165) is 0 Å². The van der Waals surface area contributed by atoms with E-state index >= 15 is 0 Å². The van der Waals surface area contributed by atoms with Gasteiger partial charge in [0.25, 0.3) is 0 Å². The Morgan fingerprint density at radius 1 is 1.41 bits per heavy atom. The summed E-state index contributed by atoms with van der Waals surface area (Å²) in [6.07, 6.45) is 0. The van der Waals surface area contributed by atoms with Crippen molar-refractivity contribution in [3.63, 3.8) is 0 Å². The predicted molar refractivity (Wildman–Crippen MR) is 63.9 cm³/mol. The molecule has 3 amide bonds. The van der Waals surface area contributed by atoms with Crippen LogP contribution in [0.15, 0.2) is 18.2 Å². The smallest absolute Gasteiger partial charge is 0.305 e. The van der Waals surface area contributed by atoms with Crippen LogP contribution in [0.3, 0.4) is 0 Å². The molecule has 0 spiro atoms. The number of alkyl halides is 1. The molecule has 0 radical (unpaired) electrons. The molecule has 1 rings (SSSR count). The molecular weight excluding hydrogens is 270 g/mol. The van der Waals surface area contributed by atoms with Crippen LogP contribution in [0.25, 0.3) is 0 Å². The summed E-state index contributed by atoms with van der Waals surface area (Å²) in [5.41, 5.74) is -0.120. The van der Waals surface area contributed by atoms with Gasteiger partial charge in [-0.15, -0.1) is 11.6 Å². The van der Waals surface area contributed by atoms with Gasteiger partial charge in [0.2, 0.25) is 5.91 Å². The van der Waals surface area contributed by atoms with Gasteiger partial charge < -0.3 is 5.32 Å². The van der Waals surface area contributed by atoms with Crippen LogP contribution >= 0.6 is 23.2 Å². The molecule has 0 aliphatic rings. The molecule has 17 heavy (non-hydrogen) atoms. The van der Waals surface area contributed by atoms with Crippen LogP contribution in [0.1, 0.15) is 6.92 Å². The summed E-state index contributed by atoms with van der Waals surface area (Å²) < 4.78 is 13.4. The topological polar surface area (TPSA) is 58.2 Å². The average molecular weight is 279 g/mol. The molecule has 0 bridgehead atoms. The van der Waals surface area contributed by atoms with Gasteiger partial charge in [0.15, 0.2) is 5.82 Å². The van der Waals surface area contributed by atoms with Crippen molar-refractivity contribution in [3.8, 4) is 0 Å². The first-order valence-electron chi connectivity index (χ1n) is 4.61. The van der Waals surface area contributed by atoms with Crippen molar-refractivity contribution in [1.82, 2.24) is 5.32 Å². The maximum absolute atomic E-state index is 13.4. The lowest BCUT2D eigenvalue weighted by atomic mass is 10.3. The number of carbonyl (C=O) groups excluding carboxylic acids is 2. The summed E-state index contributed by atoms with van der Waals surface area (Å²) in [5.74, 6) is -1.44. The standard InChI is InChI=1S/C10H9Cl2FN2O2/c1-5(11)9(16)15-10(17)14-7-4-2-3-6(12)8(7)13/h2-5H,1H3,(H2,14,15,16,17). The third kappa shape index (κ3) is 3.87. The van der Waals surface area contributed by atoms with E-state index in [0.29, 0.717) is 0 Å². The fourth-order valence-electron chi connectivity index (χ4n) is 0.965. The second-order valence-electron chi connectivity index (χ2n) is 3.16. The normalized spacial score (nSPS) is 11.8. The van der Waals surface area contributed by atoms with Gasteiger partial charge in [0.1, 0.15) is 5.38 Å². The first-order valence-corrected chi connectivity index (χ1v) is 5.43. The van der Waals surface area contributed by atoms with Gasteiger partial charge in [-0.2, -0.15) is 0 Å². The van der Waals surface area contributed by atoms with E-state index in [1.807, 2.05) is 5.32 Å². The largest absolute Gasteiger partial charge is 0.326 e. The zero-order valence-electron chi connectivity index (χ0n) is 8.76. The van der Waals surface area contributed by atoms with Crippen molar-refractivity contribution >= 4 is 40.8 Å². The third-order valence-corrected chi connectivity index (χ3v) is 2.29.